The van der Waals surface area contributed by atoms with Gasteiger partial charge in [0.1, 0.15) is 0 Å². The highest BCUT2D eigenvalue weighted by molar-refractivity contribution is 14.1. The summed E-state index contributed by atoms with van der Waals surface area (Å²) in [6.45, 7) is 2.08. The fourth-order valence-corrected chi connectivity index (χ4v) is 2.93. The van der Waals surface area contributed by atoms with E-state index in [0.717, 1.165) is 18.5 Å². The Hall–Kier alpha value is -0.100. The topological polar surface area (TPSA) is 29.1 Å². The number of hydrogen-bond donors (Lipinski definition) is 1. The van der Waals surface area contributed by atoms with Crippen molar-refractivity contribution in [2.45, 2.75) is 23.7 Å². The summed E-state index contributed by atoms with van der Waals surface area (Å²) in [7, 11) is 0. The monoisotopic (exact) mass is 307 g/mol. The highest BCUT2D eigenvalue weighted by Crippen LogP contribution is 2.31. The summed E-state index contributed by atoms with van der Waals surface area (Å²) in [5, 5.41) is 2.96. The Morgan fingerprint density at radius 3 is 3.23 bits per heavy atom. The van der Waals surface area contributed by atoms with Crippen molar-refractivity contribution >= 4 is 45.5 Å². The molecule has 1 aromatic heterocycles. The van der Waals surface area contributed by atoms with Gasteiger partial charge in [0.15, 0.2) is 0 Å². The van der Waals surface area contributed by atoms with Crippen LogP contribution in [0.25, 0.3) is 0 Å². The molecule has 0 bridgehead atoms. The molecule has 0 aliphatic carbocycles. The van der Waals surface area contributed by atoms with Crippen LogP contribution >= 0.6 is 33.9 Å². The van der Waals surface area contributed by atoms with Crippen molar-refractivity contribution in [2.75, 3.05) is 5.32 Å². The highest BCUT2D eigenvalue weighted by atomic mass is 127. The van der Waals surface area contributed by atoms with Crippen molar-refractivity contribution in [1.29, 1.82) is 0 Å². The average Bonchev–Trinajstić information content (AvgIpc) is 2.36. The van der Waals surface area contributed by atoms with Crippen LogP contribution in [0.5, 0.6) is 0 Å². The fourth-order valence-electron chi connectivity index (χ4n) is 1.45. The second-order valence-corrected chi connectivity index (χ2v) is 6.03. The van der Waals surface area contributed by atoms with E-state index in [1.54, 1.807) is 11.3 Å². The Bertz CT molecular complexity index is 347. The molecule has 1 atom stereocenters. The molecule has 1 unspecified atom stereocenters. The smallest absolute Gasteiger partial charge is 0.237 e. The molecule has 2 nitrogen and oxygen atoms in total. The van der Waals surface area contributed by atoms with Crippen LogP contribution in [0.2, 0.25) is 0 Å². The lowest BCUT2D eigenvalue weighted by Gasteiger charge is -2.03. The molecule has 1 amide bonds. The van der Waals surface area contributed by atoms with Crippen molar-refractivity contribution < 1.29 is 4.79 Å². The van der Waals surface area contributed by atoms with E-state index >= 15 is 0 Å². The predicted octanol–water partition coefficient (Wildman–Crippen LogP) is 2.74. The van der Waals surface area contributed by atoms with Crippen LogP contribution < -0.4 is 5.32 Å². The number of carbonyl (C=O) groups excluding carboxylic acids is 1. The third-order valence-electron chi connectivity index (χ3n) is 2.10. The summed E-state index contributed by atoms with van der Waals surface area (Å²) < 4.78 is 0.123. The van der Waals surface area contributed by atoms with Crippen LogP contribution in [-0.4, -0.2) is 9.83 Å². The molecule has 0 saturated carbocycles. The second-order valence-electron chi connectivity index (χ2n) is 3.19. The van der Waals surface area contributed by atoms with Gasteiger partial charge in [0, 0.05) is 9.75 Å². The van der Waals surface area contributed by atoms with Crippen molar-refractivity contribution in [3.8, 4) is 0 Å². The number of anilines is 1. The zero-order chi connectivity index (χ0) is 9.42. The van der Waals surface area contributed by atoms with Gasteiger partial charge in [-0.2, -0.15) is 0 Å². The van der Waals surface area contributed by atoms with Gasteiger partial charge in [-0.15, -0.1) is 11.3 Å². The minimum atomic E-state index is 0.123. The molecule has 70 valence electrons. The van der Waals surface area contributed by atoms with Gasteiger partial charge in [0.25, 0.3) is 0 Å². The van der Waals surface area contributed by atoms with Crippen molar-refractivity contribution in [3.05, 3.63) is 15.8 Å². The number of alkyl halides is 1. The lowest BCUT2D eigenvalue weighted by Crippen LogP contribution is -2.20. The molecule has 0 saturated heterocycles. The Labute approximate surface area is 94.9 Å². The number of aryl methyl sites for hydroxylation is 2. The van der Waals surface area contributed by atoms with E-state index in [-0.39, 0.29) is 9.83 Å². The summed E-state index contributed by atoms with van der Waals surface area (Å²) in [6, 6.07) is 2.06. The first-order chi connectivity index (χ1) is 6.16. The van der Waals surface area contributed by atoms with E-state index in [1.807, 2.05) is 0 Å². The molecule has 1 aliphatic rings. The van der Waals surface area contributed by atoms with E-state index < -0.39 is 0 Å². The van der Waals surface area contributed by atoms with Gasteiger partial charge in [-0.25, -0.2) is 0 Å². The largest absolute Gasteiger partial charge is 0.324 e. The molecule has 1 aromatic rings. The van der Waals surface area contributed by atoms with Crippen LogP contribution in [0, 0.1) is 6.92 Å². The quantitative estimate of drug-likeness (QED) is 0.579. The standard InChI is InChI=1S/C9H10INOS/c1-5-4-7-8(13-5)3-2-6(10)9(12)11-7/h4,6H,2-3H2,1H3,(H,11,12). The molecule has 1 aliphatic heterocycles. The normalized spacial score (nSPS) is 22.0. The Morgan fingerprint density at radius 2 is 2.46 bits per heavy atom. The Kier molecular flexibility index (Phi) is 2.60. The molecule has 4 heteroatoms. The van der Waals surface area contributed by atoms with Crippen LogP contribution in [0.15, 0.2) is 6.07 Å². The summed E-state index contributed by atoms with van der Waals surface area (Å²) >= 11 is 3.99. The summed E-state index contributed by atoms with van der Waals surface area (Å²) in [5.41, 5.74) is 1.03. The van der Waals surface area contributed by atoms with Gasteiger partial charge < -0.3 is 5.32 Å². The molecule has 0 spiro atoms. The van der Waals surface area contributed by atoms with E-state index in [1.165, 1.54) is 9.75 Å². The minimum Gasteiger partial charge on any atom is -0.324 e. The Balaban J connectivity index is 2.33. The number of thiophene rings is 1. The van der Waals surface area contributed by atoms with Gasteiger partial charge in [-0.3, -0.25) is 4.79 Å². The van der Waals surface area contributed by atoms with Gasteiger partial charge in [0.2, 0.25) is 5.91 Å². The van der Waals surface area contributed by atoms with Crippen molar-refractivity contribution in [2.24, 2.45) is 0 Å². The summed E-state index contributed by atoms with van der Waals surface area (Å²) in [4.78, 5) is 14.1. The predicted molar refractivity (Wildman–Crippen MR) is 63.8 cm³/mol. The lowest BCUT2D eigenvalue weighted by molar-refractivity contribution is -0.115. The van der Waals surface area contributed by atoms with E-state index in [2.05, 4.69) is 40.9 Å². The van der Waals surface area contributed by atoms with E-state index in [9.17, 15) is 4.79 Å². The van der Waals surface area contributed by atoms with Crippen molar-refractivity contribution in [3.63, 3.8) is 0 Å². The van der Waals surface area contributed by atoms with Gasteiger partial charge >= 0.3 is 0 Å². The molecule has 0 aromatic carbocycles. The number of nitrogens with one attached hydrogen (secondary N) is 1. The molecule has 1 N–H and O–H groups in total. The van der Waals surface area contributed by atoms with E-state index in [4.69, 9.17) is 0 Å². The SMILES string of the molecule is Cc1cc2c(s1)CCC(I)C(=O)N2. The van der Waals surface area contributed by atoms with Gasteiger partial charge in [0.05, 0.1) is 9.61 Å². The first kappa shape index (κ1) is 9.45. The molecule has 13 heavy (non-hydrogen) atoms. The van der Waals surface area contributed by atoms with Crippen LogP contribution in [0.4, 0.5) is 5.69 Å². The van der Waals surface area contributed by atoms with Crippen molar-refractivity contribution in [1.82, 2.24) is 0 Å². The zero-order valence-corrected chi connectivity index (χ0v) is 10.2. The van der Waals surface area contributed by atoms with E-state index in [0.29, 0.717) is 0 Å². The third kappa shape index (κ3) is 1.88. The number of rotatable bonds is 0. The minimum absolute atomic E-state index is 0.123. The third-order valence-corrected chi connectivity index (χ3v) is 4.40. The Morgan fingerprint density at radius 1 is 1.69 bits per heavy atom. The maximum atomic E-state index is 11.5. The molecule has 0 fully saturated rings. The maximum Gasteiger partial charge on any atom is 0.237 e. The molecule has 2 heterocycles. The van der Waals surface area contributed by atoms with Crippen LogP contribution in [-0.2, 0) is 11.2 Å². The number of halogens is 1. The van der Waals surface area contributed by atoms with Gasteiger partial charge in [-0.1, -0.05) is 22.6 Å². The number of fused-ring (bicyclic) bond motifs is 1. The van der Waals surface area contributed by atoms with Crippen LogP contribution in [0.1, 0.15) is 16.2 Å². The average molecular weight is 307 g/mol. The maximum absolute atomic E-state index is 11.5. The molecule has 2 rings (SSSR count). The number of hydrogen-bond acceptors (Lipinski definition) is 2. The molecular formula is C9H10INOS. The lowest BCUT2D eigenvalue weighted by atomic mass is 10.2. The molecule has 0 radical (unpaired) electrons. The van der Waals surface area contributed by atoms with Gasteiger partial charge in [-0.05, 0) is 25.8 Å². The second kappa shape index (κ2) is 3.57. The molecular weight excluding hydrogens is 297 g/mol. The number of carbonyl (C=O) groups is 1. The highest BCUT2D eigenvalue weighted by Gasteiger charge is 2.21. The number of amides is 1. The first-order valence-corrected chi connectivity index (χ1v) is 6.27. The first-order valence-electron chi connectivity index (χ1n) is 4.21. The zero-order valence-electron chi connectivity index (χ0n) is 7.26. The summed E-state index contributed by atoms with van der Waals surface area (Å²) in [6.07, 6.45) is 1.99. The summed E-state index contributed by atoms with van der Waals surface area (Å²) in [5.74, 6) is 0.150. The van der Waals surface area contributed by atoms with Crippen LogP contribution in [0.3, 0.4) is 0 Å². The fraction of sp³-hybridized carbons (Fsp3) is 0.444.